The molecular weight excluding hydrogens is 406 g/mol. The Morgan fingerprint density at radius 2 is 1.81 bits per heavy atom. The van der Waals surface area contributed by atoms with E-state index in [1.54, 1.807) is 19.3 Å². The van der Waals surface area contributed by atoms with E-state index in [0.717, 1.165) is 48.2 Å². The molecule has 0 N–H and O–H groups in total. The Hall–Kier alpha value is -2.93. The molecule has 2 aromatic heterocycles. The molecule has 32 heavy (non-hydrogen) atoms. The Kier molecular flexibility index (Phi) is 7.05. The second kappa shape index (κ2) is 10.1. The molecule has 4 rings (SSSR count). The molecule has 0 amide bonds. The number of ketones is 1. The molecule has 2 heterocycles. The van der Waals surface area contributed by atoms with Crippen molar-refractivity contribution in [2.75, 3.05) is 6.61 Å². The molecule has 0 bridgehead atoms. The molecule has 0 saturated heterocycles. The number of nitrogens with zero attached hydrogens (tertiary/aromatic N) is 3. The van der Waals surface area contributed by atoms with Crippen LogP contribution in [0.4, 0.5) is 0 Å². The van der Waals surface area contributed by atoms with E-state index in [1.807, 2.05) is 41.9 Å². The van der Waals surface area contributed by atoms with E-state index >= 15 is 0 Å². The molecule has 0 radical (unpaired) electrons. The number of carbonyl (C=O) groups is 1. The normalized spacial score (nSPS) is 19.6. The number of aromatic nitrogens is 3. The van der Waals surface area contributed by atoms with Crippen LogP contribution in [0.3, 0.4) is 0 Å². The number of aryl methyl sites for hydroxylation is 1. The van der Waals surface area contributed by atoms with E-state index in [9.17, 15) is 4.79 Å². The summed E-state index contributed by atoms with van der Waals surface area (Å²) in [6, 6.07) is 10.1. The van der Waals surface area contributed by atoms with Crippen molar-refractivity contribution in [1.82, 2.24) is 14.5 Å². The topological polar surface area (TPSA) is 75.5 Å². The molecule has 0 spiro atoms. The minimum atomic E-state index is 0.132. The Bertz CT molecular complexity index is 1040. The van der Waals surface area contributed by atoms with Gasteiger partial charge in [0.15, 0.2) is 0 Å². The molecule has 1 saturated carbocycles. The van der Waals surface area contributed by atoms with Crippen LogP contribution in [0, 0.1) is 5.92 Å². The van der Waals surface area contributed by atoms with Gasteiger partial charge in [0.2, 0.25) is 0 Å². The largest absolute Gasteiger partial charge is 0.461 e. The van der Waals surface area contributed by atoms with Crippen molar-refractivity contribution >= 4 is 16.8 Å². The van der Waals surface area contributed by atoms with Crippen LogP contribution in [0.2, 0.25) is 0 Å². The maximum absolute atomic E-state index is 11.2. The van der Waals surface area contributed by atoms with Crippen LogP contribution in [0.25, 0.3) is 11.0 Å². The first-order valence-electron chi connectivity index (χ1n) is 11.3. The second-order valence-corrected chi connectivity index (χ2v) is 8.75. The maximum Gasteiger partial charge on any atom is 0.297 e. The highest BCUT2D eigenvalue weighted by Crippen LogP contribution is 2.30. The van der Waals surface area contributed by atoms with Crippen LogP contribution in [0.15, 0.2) is 42.7 Å². The monoisotopic (exact) mass is 437 g/mol. The summed E-state index contributed by atoms with van der Waals surface area (Å²) in [5, 5.41) is 0. The molecule has 0 unspecified atom stereocenters. The van der Waals surface area contributed by atoms with Gasteiger partial charge >= 0.3 is 0 Å². The predicted octanol–water partition coefficient (Wildman–Crippen LogP) is 5.08. The summed E-state index contributed by atoms with van der Waals surface area (Å²) in [7, 11) is 1.96. The summed E-state index contributed by atoms with van der Waals surface area (Å²) < 4.78 is 20.2. The lowest BCUT2D eigenvalue weighted by Gasteiger charge is -2.29. The molecule has 7 nitrogen and oxygen atoms in total. The summed E-state index contributed by atoms with van der Waals surface area (Å²) in [6.45, 7) is 4.34. The first-order chi connectivity index (χ1) is 15.5. The Morgan fingerprint density at radius 3 is 2.53 bits per heavy atom. The Morgan fingerprint density at radius 1 is 1.09 bits per heavy atom. The molecular formula is C25H31N3O4. The van der Waals surface area contributed by atoms with Crippen molar-refractivity contribution in [2.24, 2.45) is 13.0 Å². The predicted molar refractivity (Wildman–Crippen MR) is 122 cm³/mol. The van der Waals surface area contributed by atoms with Crippen LogP contribution >= 0.6 is 0 Å². The standard InChI is InChI=1S/C25H31N3O4/c1-17(14-18(2)29)16-30-19-4-6-20(7-5-19)32-25-27-23-9-8-22(15-24(23)28(25)3)31-21-10-12-26-13-11-21/h8-13,15,17,19-20H,4-7,14,16H2,1-3H3/t17-,19?,20?/m1/s1. The SMILES string of the molecule is CC(=O)C[C@@H](C)COC1CCC(Oc2nc3ccc(Oc4ccncc4)cc3n2C)CC1. The van der Waals surface area contributed by atoms with Crippen LogP contribution in [-0.2, 0) is 16.6 Å². The van der Waals surface area contributed by atoms with Crippen LogP contribution in [0.5, 0.6) is 17.5 Å². The summed E-state index contributed by atoms with van der Waals surface area (Å²) in [4.78, 5) is 19.9. The molecule has 1 aliphatic carbocycles. The number of benzene rings is 1. The van der Waals surface area contributed by atoms with Crippen LogP contribution in [0.1, 0.15) is 46.0 Å². The van der Waals surface area contributed by atoms with Gasteiger partial charge in [0.05, 0.1) is 17.1 Å². The second-order valence-electron chi connectivity index (χ2n) is 8.75. The van der Waals surface area contributed by atoms with Gasteiger partial charge < -0.3 is 19.0 Å². The van der Waals surface area contributed by atoms with Crippen LogP contribution in [-0.4, -0.2) is 39.1 Å². The molecule has 0 aliphatic heterocycles. The van der Waals surface area contributed by atoms with E-state index in [4.69, 9.17) is 14.2 Å². The van der Waals surface area contributed by atoms with Gasteiger partial charge in [-0.2, -0.15) is 4.98 Å². The van der Waals surface area contributed by atoms with Gasteiger partial charge in [-0.25, -0.2) is 0 Å². The number of ether oxygens (including phenoxy) is 3. The van der Waals surface area contributed by atoms with Gasteiger partial charge in [-0.1, -0.05) is 6.92 Å². The third-order valence-corrected chi connectivity index (χ3v) is 5.84. The van der Waals surface area contributed by atoms with Gasteiger partial charge in [0, 0.05) is 38.5 Å². The van der Waals surface area contributed by atoms with Gasteiger partial charge in [0.1, 0.15) is 23.4 Å². The summed E-state index contributed by atoms with van der Waals surface area (Å²) in [5.74, 6) is 1.98. The maximum atomic E-state index is 11.2. The van der Waals surface area contributed by atoms with Gasteiger partial charge in [-0.15, -0.1) is 0 Å². The van der Waals surface area contributed by atoms with E-state index in [1.165, 1.54) is 0 Å². The fourth-order valence-electron chi connectivity index (χ4n) is 4.17. The zero-order valence-corrected chi connectivity index (χ0v) is 19.0. The van der Waals surface area contributed by atoms with Crippen molar-refractivity contribution in [2.45, 2.75) is 58.2 Å². The van der Waals surface area contributed by atoms with Crippen molar-refractivity contribution in [3.63, 3.8) is 0 Å². The highest BCUT2D eigenvalue weighted by Gasteiger charge is 2.25. The molecule has 3 aromatic rings. The Labute approximate surface area is 188 Å². The molecule has 1 fully saturated rings. The minimum absolute atomic E-state index is 0.132. The fraction of sp³-hybridized carbons (Fsp3) is 0.480. The molecule has 1 aliphatic rings. The number of carbonyl (C=O) groups excluding carboxylic acids is 1. The smallest absolute Gasteiger partial charge is 0.297 e. The number of hydrogen-bond acceptors (Lipinski definition) is 6. The van der Waals surface area contributed by atoms with E-state index in [0.29, 0.717) is 19.0 Å². The third kappa shape index (κ3) is 5.65. The molecule has 1 atom stereocenters. The average molecular weight is 438 g/mol. The van der Waals surface area contributed by atoms with Crippen molar-refractivity contribution < 1.29 is 19.0 Å². The van der Waals surface area contributed by atoms with Crippen LogP contribution < -0.4 is 9.47 Å². The zero-order valence-electron chi connectivity index (χ0n) is 19.0. The van der Waals surface area contributed by atoms with Gasteiger partial charge in [-0.05, 0) is 62.8 Å². The highest BCUT2D eigenvalue weighted by molar-refractivity contribution is 5.78. The van der Waals surface area contributed by atoms with Crippen molar-refractivity contribution in [1.29, 1.82) is 0 Å². The summed E-state index contributed by atoms with van der Waals surface area (Å²) in [6.07, 6.45) is 8.17. The average Bonchev–Trinajstić information content (AvgIpc) is 3.08. The van der Waals surface area contributed by atoms with E-state index in [-0.39, 0.29) is 23.9 Å². The first-order valence-corrected chi connectivity index (χ1v) is 11.3. The number of fused-ring (bicyclic) bond motifs is 1. The summed E-state index contributed by atoms with van der Waals surface area (Å²) in [5.41, 5.74) is 1.84. The lowest BCUT2D eigenvalue weighted by Crippen LogP contribution is -2.30. The highest BCUT2D eigenvalue weighted by atomic mass is 16.5. The van der Waals surface area contributed by atoms with Gasteiger partial charge in [0.25, 0.3) is 6.01 Å². The molecule has 7 heteroatoms. The fourth-order valence-corrected chi connectivity index (χ4v) is 4.17. The van der Waals surface area contributed by atoms with Crippen molar-refractivity contribution in [3.8, 4) is 17.5 Å². The van der Waals surface area contributed by atoms with Gasteiger partial charge in [-0.3, -0.25) is 9.55 Å². The molecule has 170 valence electrons. The summed E-state index contributed by atoms with van der Waals surface area (Å²) >= 11 is 0. The quantitative estimate of drug-likeness (QED) is 0.465. The lowest BCUT2D eigenvalue weighted by atomic mass is 9.95. The number of Topliss-reactive ketones (excluding diaryl/α,β-unsaturated/α-hetero) is 1. The first kappa shape index (κ1) is 22.3. The van der Waals surface area contributed by atoms with E-state index in [2.05, 4.69) is 16.9 Å². The third-order valence-electron chi connectivity index (χ3n) is 5.84. The number of hydrogen-bond donors (Lipinski definition) is 0. The Balaban J connectivity index is 1.33. The van der Waals surface area contributed by atoms with Crippen molar-refractivity contribution in [3.05, 3.63) is 42.7 Å². The number of imidazole rings is 1. The number of pyridine rings is 1. The zero-order chi connectivity index (χ0) is 22.5. The van der Waals surface area contributed by atoms with E-state index < -0.39 is 0 Å². The molecule has 1 aromatic carbocycles. The minimum Gasteiger partial charge on any atom is -0.461 e. The number of rotatable bonds is 9. The lowest BCUT2D eigenvalue weighted by molar-refractivity contribution is -0.118.